The smallest absolute Gasteiger partial charge is 0.260 e. The van der Waals surface area contributed by atoms with E-state index in [4.69, 9.17) is 11.6 Å². The van der Waals surface area contributed by atoms with E-state index in [1.165, 1.54) is 23.5 Å². The van der Waals surface area contributed by atoms with Gasteiger partial charge >= 0.3 is 0 Å². The fourth-order valence-corrected chi connectivity index (χ4v) is 4.33. The second kappa shape index (κ2) is 9.07. The van der Waals surface area contributed by atoms with Crippen LogP contribution in [0.4, 0.5) is 5.69 Å². The Bertz CT molecular complexity index is 937. The molecule has 0 atom stereocenters. The predicted molar refractivity (Wildman–Crippen MR) is 111 cm³/mol. The topological polar surface area (TPSA) is 84.3 Å². The minimum Gasteiger partial charge on any atom is -0.322 e. The van der Waals surface area contributed by atoms with Crippen molar-refractivity contribution in [3.8, 4) is 0 Å². The van der Waals surface area contributed by atoms with Crippen LogP contribution in [0.15, 0.2) is 29.2 Å². The molecule has 0 spiro atoms. The lowest BCUT2D eigenvalue weighted by atomic mass is 10.2. The van der Waals surface area contributed by atoms with Crippen molar-refractivity contribution in [1.29, 1.82) is 0 Å². The highest BCUT2D eigenvalue weighted by molar-refractivity contribution is 7.89. The van der Waals surface area contributed by atoms with Crippen molar-refractivity contribution >= 4 is 33.2 Å². The SMILES string of the molecule is CCCCn1nc(C)c(C(=O)Nc2ccc(S(=O)(=O)N(C)C(C)C)cc2)c1Cl. The molecule has 0 aliphatic rings. The van der Waals surface area contributed by atoms with Gasteiger partial charge in [-0.3, -0.25) is 9.48 Å². The summed E-state index contributed by atoms with van der Waals surface area (Å²) in [6.07, 6.45) is 1.92. The normalized spacial score (nSPS) is 12.0. The van der Waals surface area contributed by atoms with Crippen LogP contribution in [0.25, 0.3) is 0 Å². The molecule has 1 heterocycles. The van der Waals surface area contributed by atoms with E-state index in [9.17, 15) is 13.2 Å². The Balaban J connectivity index is 2.19. The molecule has 2 aromatic rings. The summed E-state index contributed by atoms with van der Waals surface area (Å²) in [6.45, 7) is 8.07. The van der Waals surface area contributed by atoms with Gasteiger partial charge in [0.2, 0.25) is 10.0 Å². The van der Waals surface area contributed by atoms with Gasteiger partial charge in [-0.15, -0.1) is 0 Å². The van der Waals surface area contributed by atoms with Crippen LogP contribution in [0.5, 0.6) is 0 Å². The number of hydrogen-bond acceptors (Lipinski definition) is 4. The van der Waals surface area contributed by atoms with Crippen LogP contribution in [0, 0.1) is 6.92 Å². The lowest BCUT2D eigenvalue weighted by Crippen LogP contribution is -2.33. The van der Waals surface area contributed by atoms with Gasteiger partial charge in [0.15, 0.2) is 0 Å². The first-order valence-corrected chi connectivity index (χ1v) is 11.0. The van der Waals surface area contributed by atoms with E-state index in [-0.39, 0.29) is 16.8 Å². The van der Waals surface area contributed by atoms with Gasteiger partial charge < -0.3 is 5.32 Å². The first kappa shape index (κ1) is 22.4. The third-order valence-electron chi connectivity index (χ3n) is 4.53. The number of rotatable bonds is 8. The number of anilines is 1. The second-order valence-corrected chi connectivity index (χ2v) is 9.28. The Kier molecular flexibility index (Phi) is 7.25. The summed E-state index contributed by atoms with van der Waals surface area (Å²) in [6, 6.07) is 5.91. The third kappa shape index (κ3) is 4.74. The number of hydrogen-bond donors (Lipinski definition) is 1. The molecule has 0 radical (unpaired) electrons. The quantitative estimate of drug-likeness (QED) is 0.693. The standard InChI is InChI=1S/C19H27ClN4O3S/c1-6-7-12-24-18(20)17(14(4)22-24)19(25)21-15-8-10-16(11-9-15)28(26,27)23(5)13(2)3/h8-11,13H,6-7,12H2,1-5H3,(H,21,25). The molecule has 9 heteroatoms. The van der Waals surface area contributed by atoms with Crippen molar-refractivity contribution in [3.05, 3.63) is 40.7 Å². The first-order chi connectivity index (χ1) is 13.1. The maximum Gasteiger partial charge on any atom is 0.260 e. The maximum absolute atomic E-state index is 12.6. The number of amides is 1. The Morgan fingerprint density at radius 2 is 1.89 bits per heavy atom. The van der Waals surface area contributed by atoms with Crippen molar-refractivity contribution in [1.82, 2.24) is 14.1 Å². The Morgan fingerprint density at radius 1 is 1.29 bits per heavy atom. The zero-order chi connectivity index (χ0) is 21.1. The number of unbranched alkanes of at least 4 members (excludes halogenated alkanes) is 1. The monoisotopic (exact) mass is 426 g/mol. The number of halogens is 1. The lowest BCUT2D eigenvalue weighted by molar-refractivity contribution is 0.102. The van der Waals surface area contributed by atoms with E-state index in [0.717, 1.165) is 12.8 Å². The average molecular weight is 427 g/mol. The molecule has 1 aromatic carbocycles. The molecular weight excluding hydrogens is 400 g/mol. The van der Waals surface area contributed by atoms with E-state index in [1.54, 1.807) is 37.6 Å². The molecule has 0 aliphatic carbocycles. The number of carbonyl (C=O) groups excluding carboxylic acids is 1. The Hall–Kier alpha value is -1.90. The number of aryl methyl sites for hydroxylation is 2. The van der Waals surface area contributed by atoms with E-state index in [0.29, 0.717) is 28.6 Å². The van der Waals surface area contributed by atoms with Crippen molar-refractivity contribution in [3.63, 3.8) is 0 Å². The van der Waals surface area contributed by atoms with Crippen LogP contribution in [0.3, 0.4) is 0 Å². The molecule has 28 heavy (non-hydrogen) atoms. The van der Waals surface area contributed by atoms with Gasteiger partial charge in [0.1, 0.15) is 5.15 Å². The molecule has 0 aliphatic heterocycles. The zero-order valence-electron chi connectivity index (χ0n) is 16.9. The Labute approximate surface area is 171 Å². The van der Waals surface area contributed by atoms with Crippen molar-refractivity contribution in [2.24, 2.45) is 0 Å². The van der Waals surface area contributed by atoms with Gasteiger partial charge in [-0.25, -0.2) is 8.42 Å². The van der Waals surface area contributed by atoms with E-state index < -0.39 is 10.0 Å². The summed E-state index contributed by atoms with van der Waals surface area (Å²) >= 11 is 6.33. The number of nitrogens with zero attached hydrogens (tertiary/aromatic N) is 3. The lowest BCUT2D eigenvalue weighted by Gasteiger charge is -2.21. The van der Waals surface area contributed by atoms with Crippen LogP contribution in [0.1, 0.15) is 49.7 Å². The molecule has 7 nitrogen and oxygen atoms in total. The molecule has 0 unspecified atom stereocenters. The van der Waals surface area contributed by atoms with Crippen LogP contribution >= 0.6 is 11.6 Å². The fraction of sp³-hybridized carbons (Fsp3) is 0.474. The van der Waals surface area contributed by atoms with Crippen LogP contribution < -0.4 is 5.32 Å². The summed E-state index contributed by atoms with van der Waals surface area (Å²) in [5, 5.41) is 7.39. The minimum atomic E-state index is -3.57. The van der Waals surface area contributed by atoms with Gasteiger partial charge in [0.05, 0.1) is 16.2 Å². The molecule has 1 aromatic heterocycles. The van der Waals surface area contributed by atoms with Gasteiger partial charge in [0, 0.05) is 25.3 Å². The summed E-state index contributed by atoms with van der Waals surface area (Å²) in [5.74, 6) is -0.375. The number of sulfonamides is 1. The van der Waals surface area contributed by atoms with Crippen LogP contribution in [-0.4, -0.2) is 41.5 Å². The maximum atomic E-state index is 12.6. The third-order valence-corrected chi connectivity index (χ3v) is 6.96. The summed E-state index contributed by atoms with van der Waals surface area (Å²) in [4.78, 5) is 12.8. The zero-order valence-corrected chi connectivity index (χ0v) is 18.4. The molecule has 0 saturated carbocycles. The first-order valence-electron chi connectivity index (χ1n) is 9.22. The molecule has 0 bridgehead atoms. The van der Waals surface area contributed by atoms with Gasteiger partial charge in [0.25, 0.3) is 5.91 Å². The van der Waals surface area contributed by atoms with Crippen molar-refractivity contribution < 1.29 is 13.2 Å². The number of nitrogens with one attached hydrogen (secondary N) is 1. The van der Waals surface area contributed by atoms with Crippen LogP contribution in [0.2, 0.25) is 5.15 Å². The van der Waals surface area contributed by atoms with Crippen molar-refractivity contribution in [2.45, 2.75) is 58.0 Å². The van der Waals surface area contributed by atoms with Crippen molar-refractivity contribution in [2.75, 3.05) is 12.4 Å². The minimum absolute atomic E-state index is 0.154. The summed E-state index contributed by atoms with van der Waals surface area (Å²) < 4.78 is 28.0. The van der Waals surface area contributed by atoms with Gasteiger partial charge in [-0.1, -0.05) is 24.9 Å². The predicted octanol–water partition coefficient (Wildman–Crippen LogP) is 3.93. The van der Waals surface area contributed by atoms with E-state index in [2.05, 4.69) is 17.3 Å². The average Bonchev–Trinajstić information content (AvgIpc) is 2.93. The molecular formula is C19H27ClN4O3S. The molecule has 0 saturated heterocycles. The summed E-state index contributed by atoms with van der Waals surface area (Å²) in [5.41, 5.74) is 1.36. The van der Waals surface area contributed by atoms with E-state index in [1.807, 2.05) is 0 Å². The number of benzene rings is 1. The molecule has 154 valence electrons. The highest BCUT2D eigenvalue weighted by atomic mass is 35.5. The van der Waals surface area contributed by atoms with Crippen LogP contribution in [-0.2, 0) is 16.6 Å². The number of carbonyl (C=O) groups is 1. The van der Waals surface area contributed by atoms with E-state index >= 15 is 0 Å². The summed E-state index contributed by atoms with van der Waals surface area (Å²) in [7, 11) is -2.03. The highest BCUT2D eigenvalue weighted by Crippen LogP contribution is 2.23. The highest BCUT2D eigenvalue weighted by Gasteiger charge is 2.23. The van der Waals surface area contributed by atoms with Gasteiger partial charge in [-0.05, 0) is 51.5 Å². The fourth-order valence-electron chi connectivity index (χ4n) is 2.61. The molecule has 1 N–H and O–H groups in total. The molecule has 2 rings (SSSR count). The Morgan fingerprint density at radius 3 is 2.43 bits per heavy atom. The molecule has 1 amide bonds. The second-order valence-electron chi connectivity index (χ2n) is 6.92. The van der Waals surface area contributed by atoms with Gasteiger partial charge in [-0.2, -0.15) is 9.40 Å². The molecule has 0 fully saturated rings. The number of aromatic nitrogens is 2. The largest absolute Gasteiger partial charge is 0.322 e.